The van der Waals surface area contributed by atoms with Crippen LogP contribution in [0.25, 0.3) is 0 Å². The lowest BCUT2D eigenvalue weighted by Gasteiger charge is -2.22. The van der Waals surface area contributed by atoms with Crippen molar-refractivity contribution in [2.24, 2.45) is 5.10 Å². The maximum atomic E-state index is 11.6. The number of anilines is 1. The van der Waals surface area contributed by atoms with Gasteiger partial charge in [-0.15, -0.1) is 0 Å². The summed E-state index contributed by atoms with van der Waals surface area (Å²) < 4.78 is 4.64. The van der Waals surface area contributed by atoms with Gasteiger partial charge in [0.2, 0.25) is 0 Å². The molecular weight excluding hydrogens is 336 g/mol. The third-order valence-electron chi connectivity index (χ3n) is 2.89. The van der Waals surface area contributed by atoms with Crippen molar-refractivity contribution >= 4 is 46.3 Å². The number of esters is 1. The molecule has 0 amide bonds. The number of rotatable bonds is 4. The molecule has 0 unspecified atom stereocenters. The molecule has 0 aliphatic rings. The van der Waals surface area contributed by atoms with E-state index in [2.05, 4.69) is 21.2 Å². The Labute approximate surface area is 145 Å². The van der Waals surface area contributed by atoms with Gasteiger partial charge in [-0.25, -0.2) is 9.80 Å². The van der Waals surface area contributed by atoms with Crippen LogP contribution in [0.1, 0.15) is 25.0 Å². The zero-order valence-electron chi connectivity index (χ0n) is 13.3. The third kappa shape index (κ3) is 4.65. The standard InChI is InChI=1S/C15H17ClN4O2S/c1-5-18-15(23)20(19-10(3)14(21)22-4)13-6-9(2)11(8-17)7-12(13)16/h6-7H,5H2,1-4H3,(H,18,23)/b19-10-. The second kappa shape index (κ2) is 8.46. The summed E-state index contributed by atoms with van der Waals surface area (Å²) in [5.41, 5.74) is 1.77. The molecule has 1 N–H and O–H groups in total. The quantitative estimate of drug-likeness (QED) is 0.388. The first-order valence-corrected chi connectivity index (χ1v) is 7.56. The Morgan fingerprint density at radius 2 is 2.22 bits per heavy atom. The monoisotopic (exact) mass is 352 g/mol. The maximum absolute atomic E-state index is 11.6. The summed E-state index contributed by atoms with van der Waals surface area (Å²) >= 11 is 11.5. The van der Waals surface area contributed by atoms with E-state index in [1.807, 2.05) is 6.92 Å². The highest BCUT2D eigenvalue weighted by atomic mass is 35.5. The lowest BCUT2D eigenvalue weighted by molar-refractivity contribution is -0.132. The molecule has 0 atom stereocenters. The fourth-order valence-electron chi connectivity index (χ4n) is 1.72. The number of hydrogen-bond donors (Lipinski definition) is 1. The molecular formula is C15H17ClN4O2S. The van der Waals surface area contributed by atoms with Crippen LogP contribution in [0.5, 0.6) is 0 Å². The van der Waals surface area contributed by atoms with E-state index in [1.54, 1.807) is 13.0 Å². The number of nitrogens with one attached hydrogen (secondary N) is 1. The molecule has 0 radical (unpaired) electrons. The molecule has 1 aromatic rings. The van der Waals surface area contributed by atoms with Gasteiger partial charge in [0.1, 0.15) is 5.71 Å². The van der Waals surface area contributed by atoms with Gasteiger partial charge in [-0.1, -0.05) is 11.6 Å². The lowest BCUT2D eigenvalue weighted by atomic mass is 10.1. The summed E-state index contributed by atoms with van der Waals surface area (Å²) in [5.74, 6) is -0.573. The first-order chi connectivity index (χ1) is 10.8. The van der Waals surface area contributed by atoms with Crippen LogP contribution < -0.4 is 10.3 Å². The molecule has 0 aromatic heterocycles. The minimum atomic E-state index is -0.573. The zero-order valence-corrected chi connectivity index (χ0v) is 14.9. The minimum Gasteiger partial charge on any atom is -0.464 e. The number of hydrazone groups is 1. The number of carbonyl (C=O) groups is 1. The molecule has 0 heterocycles. The van der Waals surface area contributed by atoms with E-state index in [1.165, 1.54) is 25.1 Å². The number of nitriles is 1. The molecule has 0 spiro atoms. The molecule has 1 rings (SSSR count). The molecule has 6 nitrogen and oxygen atoms in total. The Morgan fingerprint density at radius 3 is 2.74 bits per heavy atom. The van der Waals surface area contributed by atoms with Gasteiger partial charge in [0.15, 0.2) is 5.11 Å². The Hall–Kier alpha value is -2.17. The number of halogens is 1. The van der Waals surface area contributed by atoms with Crippen molar-refractivity contribution in [1.29, 1.82) is 5.26 Å². The van der Waals surface area contributed by atoms with Crippen LogP contribution in [0, 0.1) is 18.3 Å². The first kappa shape index (κ1) is 18.9. The summed E-state index contributed by atoms with van der Waals surface area (Å²) in [7, 11) is 1.27. The highest BCUT2D eigenvalue weighted by Crippen LogP contribution is 2.29. The first-order valence-electron chi connectivity index (χ1n) is 6.77. The van der Waals surface area contributed by atoms with Crippen LogP contribution >= 0.6 is 23.8 Å². The van der Waals surface area contributed by atoms with Crippen molar-refractivity contribution < 1.29 is 9.53 Å². The lowest BCUT2D eigenvalue weighted by Crippen LogP contribution is -2.37. The van der Waals surface area contributed by atoms with Crippen molar-refractivity contribution in [1.82, 2.24) is 5.32 Å². The van der Waals surface area contributed by atoms with Gasteiger partial charge in [-0.05, 0) is 50.7 Å². The third-order valence-corrected chi connectivity index (χ3v) is 3.51. The zero-order chi connectivity index (χ0) is 17.6. The van der Waals surface area contributed by atoms with Crippen molar-refractivity contribution in [2.45, 2.75) is 20.8 Å². The maximum Gasteiger partial charge on any atom is 0.353 e. The van der Waals surface area contributed by atoms with Crippen LogP contribution in [-0.4, -0.2) is 30.4 Å². The van der Waals surface area contributed by atoms with Crippen LogP contribution in [0.3, 0.4) is 0 Å². The highest BCUT2D eigenvalue weighted by molar-refractivity contribution is 7.80. The Kier molecular flexibility index (Phi) is 6.94. The highest BCUT2D eigenvalue weighted by Gasteiger charge is 2.18. The van der Waals surface area contributed by atoms with Crippen LogP contribution in [0.4, 0.5) is 5.69 Å². The summed E-state index contributed by atoms with van der Waals surface area (Å²) in [6, 6.07) is 5.29. The second-order valence-corrected chi connectivity index (χ2v) is 5.35. The number of ether oxygens (including phenoxy) is 1. The van der Waals surface area contributed by atoms with E-state index in [4.69, 9.17) is 29.1 Å². The summed E-state index contributed by atoms with van der Waals surface area (Å²) in [6.45, 7) is 5.75. The molecule has 23 heavy (non-hydrogen) atoms. The molecule has 122 valence electrons. The van der Waals surface area contributed by atoms with Gasteiger partial charge < -0.3 is 10.1 Å². The molecule has 0 bridgehead atoms. The van der Waals surface area contributed by atoms with Crippen molar-refractivity contribution in [3.8, 4) is 6.07 Å². The normalized spacial score (nSPS) is 10.7. The van der Waals surface area contributed by atoms with Crippen molar-refractivity contribution in [2.75, 3.05) is 18.7 Å². The Balaban J connectivity index is 3.42. The Bertz CT molecular complexity index is 697. The van der Waals surface area contributed by atoms with E-state index in [9.17, 15) is 4.79 Å². The molecule has 0 aliphatic heterocycles. The van der Waals surface area contributed by atoms with Crippen molar-refractivity contribution in [3.63, 3.8) is 0 Å². The summed E-state index contributed by atoms with van der Waals surface area (Å²) in [4.78, 5) is 11.6. The van der Waals surface area contributed by atoms with Gasteiger partial charge in [-0.3, -0.25) is 0 Å². The van der Waals surface area contributed by atoms with E-state index in [-0.39, 0.29) is 10.8 Å². The van der Waals surface area contributed by atoms with E-state index >= 15 is 0 Å². The smallest absolute Gasteiger partial charge is 0.353 e. The van der Waals surface area contributed by atoms with Gasteiger partial charge in [0.05, 0.1) is 29.5 Å². The van der Waals surface area contributed by atoms with E-state index in [0.29, 0.717) is 22.8 Å². The number of carbonyl (C=O) groups excluding carboxylic acids is 1. The van der Waals surface area contributed by atoms with Crippen molar-refractivity contribution in [3.05, 3.63) is 28.3 Å². The van der Waals surface area contributed by atoms with Gasteiger partial charge in [-0.2, -0.15) is 10.4 Å². The SMILES string of the molecule is CCNC(=S)N(/N=C(/C)C(=O)OC)c1cc(C)c(C#N)cc1Cl. The van der Waals surface area contributed by atoms with Gasteiger partial charge in [0, 0.05) is 6.54 Å². The molecule has 0 aliphatic carbocycles. The van der Waals surface area contributed by atoms with Crippen LogP contribution in [0.2, 0.25) is 5.02 Å². The number of aryl methyl sites for hydroxylation is 1. The summed E-state index contributed by atoms with van der Waals surface area (Å²) in [6.07, 6.45) is 0. The van der Waals surface area contributed by atoms with Gasteiger partial charge in [0.25, 0.3) is 0 Å². The molecule has 1 aromatic carbocycles. The fourth-order valence-corrected chi connectivity index (χ4v) is 2.25. The predicted molar refractivity (Wildman–Crippen MR) is 94.8 cm³/mol. The average Bonchev–Trinajstić information content (AvgIpc) is 2.53. The largest absolute Gasteiger partial charge is 0.464 e. The Morgan fingerprint density at radius 1 is 1.57 bits per heavy atom. The topological polar surface area (TPSA) is 77.7 Å². The number of thiocarbonyl (C=S) groups is 1. The average molecular weight is 353 g/mol. The van der Waals surface area contributed by atoms with E-state index in [0.717, 1.165) is 5.56 Å². The number of methoxy groups -OCH3 is 1. The van der Waals surface area contributed by atoms with Crippen LogP contribution in [0.15, 0.2) is 17.2 Å². The molecule has 8 heteroatoms. The predicted octanol–water partition coefficient (Wildman–Crippen LogP) is 2.77. The number of benzene rings is 1. The number of hydrogen-bond acceptors (Lipinski definition) is 5. The molecule has 0 saturated heterocycles. The number of nitrogens with zero attached hydrogens (tertiary/aromatic N) is 3. The molecule has 0 saturated carbocycles. The van der Waals surface area contributed by atoms with Crippen LogP contribution in [-0.2, 0) is 9.53 Å². The second-order valence-electron chi connectivity index (χ2n) is 4.55. The summed E-state index contributed by atoms with van der Waals surface area (Å²) in [5, 5.41) is 18.1. The van der Waals surface area contributed by atoms with E-state index < -0.39 is 5.97 Å². The molecule has 0 fully saturated rings. The van der Waals surface area contributed by atoms with Gasteiger partial charge >= 0.3 is 5.97 Å². The minimum absolute atomic E-state index is 0.117. The fraction of sp³-hybridized carbons (Fsp3) is 0.333.